The van der Waals surface area contributed by atoms with E-state index in [1.807, 2.05) is 4.68 Å². The third kappa shape index (κ3) is 3.10. The van der Waals surface area contributed by atoms with Crippen LogP contribution in [0.3, 0.4) is 0 Å². The van der Waals surface area contributed by atoms with Crippen LogP contribution in [0.25, 0.3) is 0 Å². The van der Waals surface area contributed by atoms with Gasteiger partial charge in [0, 0.05) is 31.5 Å². The summed E-state index contributed by atoms with van der Waals surface area (Å²) in [4.78, 5) is 6.43. The zero-order chi connectivity index (χ0) is 14.7. The molecule has 5 heteroatoms. The highest BCUT2D eigenvalue weighted by atomic mass is 15.4. The molecule has 0 aliphatic heterocycles. The highest BCUT2D eigenvalue weighted by Crippen LogP contribution is 2.22. The van der Waals surface area contributed by atoms with Crippen LogP contribution in [0.1, 0.15) is 31.3 Å². The Morgan fingerprint density at radius 3 is 2.70 bits per heavy atom. The minimum atomic E-state index is 0.324. The second-order valence-electron chi connectivity index (χ2n) is 5.46. The van der Waals surface area contributed by atoms with E-state index in [0.29, 0.717) is 12.6 Å². The van der Waals surface area contributed by atoms with Crippen LogP contribution in [-0.4, -0.2) is 28.9 Å². The number of aryl methyl sites for hydroxylation is 1. The summed E-state index contributed by atoms with van der Waals surface area (Å²) in [6.45, 7) is 7.00. The average molecular weight is 273 g/mol. The second-order valence-corrected chi connectivity index (χ2v) is 5.46. The average Bonchev–Trinajstić information content (AvgIpc) is 2.86. The van der Waals surface area contributed by atoms with Gasteiger partial charge < -0.3 is 10.2 Å². The molecule has 0 atom stereocenters. The quantitative estimate of drug-likeness (QED) is 0.910. The van der Waals surface area contributed by atoms with Crippen LogP contribution in [0.4, 0.5) is 11.4 Å². The molecule has 2 aromatic rings. The molecular formula is C15H23N5. The van der Waals surface area contributed by atoms with E-state index in [9.17, 15) is 0 Å². The van der Waals surface area contributed by atoms with Crippen molar-refractivity contribution in [2.45, 2.75) is 33.4 Å². The van der Waals surface area contributed by atoms with E-state index < -0.39 is 0 Å². The van der Waals surface area contributed by atoms with Gasteiger partial charge in [0.15, 0.2) is 0 Å². The summed E-state index contributed by atoms with van der Waals surface area (Å²) in [6.07, 6.45) is 1.61. The Labute approximate surface area is 120 Å². The van der Waals surface area contributed by atoms with Gasteiger partial charge in [-0.25, -0.2) is 9.67 Å². The molecule has 5 nitrogen and oxygen atoms in total. The zero-order valence-electron chi connectivity index (χ0n) is 12.9. The fourth-order valence-electron chi connectivity index (χ4n) is 2.21. The molecule has 0 aliphatic carbocycles. The van der Waals surface area contributed by atoms with Crippen molar-refractivity contribution in [2.24, 2.45) is 0 Å². The number of benzene rings is 1. The number of rotatable bonds is 5. The Hall–Kier alpha value is -2.04. The van der Waals surface area contributed by atoms with Gasteiger partial charge >= 0.3 is 0 Å². The van der Waals surface area contributed by atoms with Crippen molar-refractivity contribution in [3.63, 3.8) is 0 Å². The first kappa shape index (κ1) is 14.4. The molecule has 0 saturated carbocycles. The van der Waals surface area contributed by atoms with Crippen molar-refractivity contribution >= 4 is 11.4 Å². The van der Waals surface area contributed by atoms with Gasteiger partial charge in [-0.1, -0.05) is 6.07 Å². The van der Waals surface area contributed by atoms with E-state index in [1.54, 1.807) is 6.33 Å². The van der Waals surface area contributed by atoms with Gasteiger partial charge in [0.2, 0.25) is 0 Å². The van der Waals surface area contributed by atoms with Crippen LogP contribution in [0.5, 0.6) is 0 Å². The molecule has 0 aliphatic rings. The molecule has 0 saturated heterocycles. The topological polar surface area (TPSA) is 46.0 Å². The summed E-state index contributed by atoms with van der Waals surface area (Å²) in [5.41, 5.74) is 3.59. The number of nitrogens with one attached hydrogen (secondary N) is 1. The molecular weight excluding hydrogens is 250 g/mol. The van der Waals surface area contributed by atoms with Gasteiger partial charge in [-0.05, 0) is 38.5 Å². The van der Waals surface area contributed by atoms with Crippen molar-refractivity contribution in [1.29, 1.82) is 0 Å². The number of hydrogen-bond acceptors (Lipinski definition) is 4. The van der Waals surface area contributed by atoms with Crippen molar-refractivity contribution in [3.05, 3.63) is 35.9 Å². The number of aromatic nitrogens is 3. The minimum absolute atomic E-state index is 0.324. The number of anilines is 2. The highest BCUT2D eigenvalue weighted by Gasteiger charge is 2.08. The Morgan fingerprint density at radius 2 is 2.05 bits per heavy atom. The first-order valence-electron chi connectivity index (χ1n) is 6.89. The third-order valence-electron chi connectivity index (χ3n) is 3.28. The smallest absolute Gasteiger partial charge is 0.146 e. The molecule has 2 rings (SSSR count). The Kier molecular flexibility index (Phi) is 4.27. The summed E-state index contributed by atoms with van der Waals surface area (Å²) in [5, 5.41) is 7.66. The van der Waals surface area contributed by atoms with Crippen molar-refractivity contribution in [2.75, 3.05) is 24.3 Å². The maximum atomic E-state index is 4.31. The van der Waals surface area contributed by atoms with Crippen LogP contribution in [0, 0.1) is 6.92 Å². The van der Waals surface area contributed by atoms with E-state index in [0.717, 1.165) is 11.5 Å². The van der Waals surface area contributed by atoms with Crippen LogP contribution < -0.4 is 10.2 Å². The first-order chi connectivity index (χ1) is 9.49. The molecule has 20 heavy (non-hydrogen) atoms. The maximum absolute atomic E-state index is 4.31. The lowest BCUT2D eigenvalue weighted by Crippen LogP contribution is -2.13. The summed E-state index contributed by atoms with van der Waals surface area (Å²) < 4.78 is 1.94. The van der Waals surface area contributed by atoms with Gasteiger partial charge in [0.05, 0.1) is 6.54 Å². The SMILES string of the molecule is Cc1ccc(NCc2ncnn2C(C)C)cc1N(C)C. The monoisotopic (exact) mass is 273 g/mol. The predicted molar refractivity (Wildman–Crippen MR) is 83.2 cm³/mol. The molecule has 108 valence electrons. The van der Waals surface area contributed by atoms with E-state index in [4.69, 9.17) is 0 Å². The van der Waals surface area contributed by atoms with Gasteiger partial charge in [-0.3, -0.25) is 0 Å². The number of hydrogen-bond donors (Lipinski definition) is 1. The van der Waals surface area contributed by atoms with E-state index in [-0.39, 0.29) is 0 Å². The second kappa shape index (κ2) is 5.94. The van der Waals surface area contributed by atoms with Crippen LogP contribution in [-0.2, 0) is 6.54 Å². The maximum Gasteiger partial charge on any atom is 0.146 e. The van der Waals surface area contributed by atoms with Gasteiger partial charge in [-0.15, -0.1) is 0 Å². The largest absolute Gasteiger partial charge is 0.378 e. The third-order valence-corrected chi connectivity index (χ3v) is 3.28. The van der Waals surface area contributed by atoms with Crippen molar-refractivity contribution in [1.82, 2.24) is 14.8 Å². The normalized spacial score (nSPS) is 10.9. The van der Waals surface area contributed by atoms with Crippen LogP contribution >= 0.6 is 0 Å². The molecule has 0 fully saturated rings. The Bertz CT molecular complexity index is 571. The minimum Gasteiger partial charge on any atom is -0.378 e. The van der Waals surface area contributed by atoms with Crippen LogP contribution in [0.15, 0.2) is 24.5 Å². The standard InChI is InChI=1S/C15H23N5/c1-11(2)20-15(17-10-18-20)9-16-13-7-6-12(3)14(8-13)19(4)5/h6-8,10-11,16H,9H2,1-5H3. The van der Waals surface area contributed by atoms with Crippen LogP contribution in [0.2, 0.25) is 0 Å². The summed E-state index contributed by atoms with van der Waals surface area (Å²) in [6, 6.07) is 6.71. The van der Waals surface area contributed by atoms with Crippen molar-refractivity contribution < 1.29 is 0 Å². The lowest BCUT2D eigenvalue weighted by atomic mass is 10.1. The summed E-state index contributed by atoms with van der Waals surface area (Å²) in [7, 11) is 4.11. The molecule has 0 amide bonds. The highest BCUT2D eigenvalue weighted by molar-refractivity contribution is 5.61. The lowest BCUT2D eigenvalue weighted by molar-refractivity contribution is 0.509. The fraction of sp³-hybridized carbons (Fsp3) is 0.467. The van der Waals surface area contributed by atoms with E-state index in [2.05, 4.69) is 73.4 Å². The molecule has 0 spiro atoms. The molecule has 1 N–H and O–H groups in total. The Balaban J connectivity index is 2.11. The molecule has 1 heterocycles. The molecule has 0 radical (unpaired) electrons. The fourth-order valence-corrected chi connectivity index (χ4v) is 2.21. The molecule has 0 bridgehead atoms. The summed E-state index contributed by atoms with van der Waals surface area (Å²) >= 11 is 0. The van der Waals surface area contributed by atoms with Crippen molar-refractivity contribution in [3.8, 4) is 0 Å². The Morgan fingerprint density at radius 1 is 1.30 bits per heavy atom. The molecule has 1 aromatic carbocycles. The zero-order valence-corrected chi connectivity index (χ0v) is 12.9. The molecule has 1 aromatic heterocycles. The predicted octanol–water partition coefficient (Wildman–Crippen LogP) is 2.85. The summed E-state index contributed by atoms with van der Waals surface area (Å²) in [5.74, 6) is 0.951. The molecule has 0 unspecified atom stereocenters. The van der Waals surface area contributed by atoms with Gasteiger partial charge in [-0.2, -0.15) is 5.10 Å². The van der Waals surface area contributed by atoms with E-state index in [1.165, 1.54) is 11.3 Å². The first-order valence-corrected chi connectivity index (χ1v) is 6.89. The number of nitrogens with zero attached hydrogens (tertiary/aromatic N) is 4. The van der Waals surface area contributed by atoms with Gasteiger partial charge in [0.1, 0.15) is 12.2 Å². The van der Waals surface area contributed by atoms with E-state index >= 15 is 0 Å². The van der Waals surface area contributed by atoms with Gasteiger partial charge in [0.25, 0.3) is 0 Å². The lowest BCUT2D eigenvalue weighted by Gasteiger charge is -2.17.